The highest BCUT2D eigenvalue weighted by Gasteiger charge is 2.16. The van der Waals surface area contributed by atoms with Crippen LogP contribution in [0.4, 0.5) is 8.78 Å². The van der Waals surface area contributed by atoms with Crippen LogP contribution >= 0.6 is 0 Å². The molecule has 7 heteroatoms. The van der Waals surface area contributed by atoms with Crippen molar-refractivity contribution in [2.75, 3.05) is 26.2 Å². The number of hydrogen-bond donors (Lipinski definition) is 3. The van der Waals surface area contributed by atoms with Gasteiger partial charge in [0.25, 0.3) is 0 Å². The zero-order valence-corrected chi connectivity index (χ0v) is 18.1. The Hall–Kier alpha value is -2.51. The van der Waals surface area contributed by atoms with E-state index in [1.807, 2.05) is 6.92 Å². The van der Waals surface area contributed by atoms with Crippen molar-refractivity contribution in [3.05, 3.63) is 70.8 Å². The normalized spacial score (nSPS) is 15.8. The van der Waals surface area contributed by atoms with Gasteiger partial charge in [-0.3, -0.25) is 4.90 Å². The summed E-state index contributed by atoms with van der Waals surface area (Å²) in [6.07, 6.45) is 1.91. The molecule has 0 aliphatic carbocycles. The number of nitrogens with one attached hydrogen (secondary N) is 2. The summed E-state index contributed by atoms with van der Waals surface area (Å²) >= 11 is 0. The predicted octanol–water partition coefficient (Wildman–Crippen LogP) is 3.22. The monoisotopic (exact) mass is 430 g/mol. The lowest BCUT2D eigenvalue weighted by Crippen LogP contribution is -2.38. The molecule has 0 amide bonds. The number of nitrogens with zero attached hydrogens (tertiary/aromatic N) is 2. The fourth-order valence-electron chi connectivity index (χ4n) is 3.65. The summed E-state index contributed by atoms with van der Waals surface area (Å²) in [5, 5.41) is 16.0. The van der Waals surface area contributed by atoms with Crippen LogP contribution < -0.4 is 10.6 Å². The Bertz CT molecular complexity index is 849. The fraction of sp³-hybridized carbons (Fsp3) is 0.458. The summed E-state index contributed by atoms with van der Waals surface area (Å²) in [5.41, 5.74) is 2.71. The topological polar surface area (TPSA) is 59.9 Å². The molecule has 3 N–H and O–H groups in total. The van der Waals surface area contributed by atoms with E-state index in [0.717, 1.165) is 50.2 Å². The van der Waals surface area contributed by atoms with Crippen LogP contribution in [-0.4, -0.2) is 48.2 Å². The van der Waals surface area contributed by atoms with E-state index < -0.39 is 11.6 Å². The lowest BCUT2D eigenvalue weighted by atomic mass is 10.1. The van der Waals surface area contributed by atoms with Gasteiger partial charge in [-0.05, 0) is 61.1 Å². The maximum atomic E-state index is 13.8. The van der Waals surface area contributed by atoms with Gasteiger partial charge in [0.1, 0.15) is 11.6 Å². The fourth-order valence-corrected chi connectivity index (χ4v) is 3.65. The maximum absolute atomic E-state index is 13.8. The van der Waals surface area contributed by atoms with E-state index in [2.05, 4.69) is 44.8 Å². The third-order valence-corrected chi connectivity index (χ3v) is 5.44. The highest BCUT2D eigenvalue weighted by Crippen LogP contribution is 2.14. The molecule has 1 saturated heterocycles. The van der Waals surface area contributed by atoms with Crippen LogP contribution in [0.15, 0.2) is 47.5 Å². The Kier molecular flexibility index (Phi) is 8.79. The minimum Gasteiger partial charge on any atom is -0.393 e. The lowest BCUT2D eigenvalue weighted by Gasteiger charge is -2.29. The van der Waals surface area contributed by atoms with E-state index >= 15 is 0 Å². The number of likely N-dealkylation sites (tertiary alicyclic amines) is 1. The molecule has 0 aromatic heterocycles. The molecule has 1 heterocycles. The number of benzene rings is 2. The molecule has 31 heavy (non-hydrogen) atoms. The summed E-state index contributed by atoms with van der Waals surface area (Å²) in [6, 6.07) is 11.9. The highest BCUT2D eigenvalue weighted by molar-refractivity contribution is 5.79. The van der Waals surface area contributed by atoms with Crippen LogP contribution in [0.2, 0.25) is 0 Å². The van der Waals surface area contributed by atoms with Crippen LogP contribution in [-0.2, 0) is 19.5 Å². The molecule has 0 atom stereocenters. The van der Waals surface area contributed by atoms with Gasteiger partial charge in [-0.15, -0.1) is 0 Å². The van der Waals surface area contributed by atoms with Crippen molar-refractivity contribution in [1.29, 1.82) is 0 Å². The Morgan fingerprint density at radius 2 is 1.77 bits per heavy atom. The van der Waals surface area contributed by atoms with E-state index in [-0.39, 0.29) is 6.10 Å². The van der Waals surface area contributed by atoms with E-state index in [1.165, 1.54) is 11.6 Å². The molecular weight excluding hydrogens is 398 g/mol. The minimum absolute atomic E-state index is 0.149. The number of halogens is 2. The van der Waals surface area contributed by atoms with Crippen molar-refractivity contribution >= 4 is 5.96 Å². The van der Waals surface area contributed by atoms with Crippen molar-refractivity contribution in [2.45, 2.75) is 45.4 Å². The number of aliphatic hydroxyl groups excluding tert-OH is 1. The van der Waals surface area contributed by atoms with Crippen LogP contribution in [0.3, 0.4) is 0 Å². The molecule has 0 saturated carbocycles. The average Bonchev–Trinajstić information content (AvgIpc) is 2.77. The van der Waals surface area contributed by atoms with Gasteiger partial charge < -0.3 is 15.7 Å². The first-order valence-electron chi connectivity index (χ1n) is 11.0. The van der Waals surface area contributed by atoms with Crippen molar-refractivity contribution in [2.24, 2.45) is 4.99 Å². The van der Waals surface area contributed by atoms with E-state index in [1.54, 1.807) is 0 Å². The second-order valence-electron chi connectivity index (χ2n) is 7.93. The predicted molar refractivity (Wildman–Crippen MR) is 120 cm³/mol. The molecule has 5 nitrogen and oxygen atoms in total. The van der Waals surface area contributed by atoms with Crippen molar-refractivity contribution in [3.63, 3.8) is 0 Å². The van der Waals surface area contributed by atoms with Crippen molar-refractivity contribution in [1.82, 2.24) is 15.5 Å². The number of rotatable bonds is 8. The molecule has 1 fully saturated rings. The van der Waals surface area contributed by atoms with Gasteiger partial charge in [0, 0.05) is 32.7 Å². The number of piperidine rings is 1. The van der Waals surface area contributed by atoms with Crippen molar-refractivity contribution < 1.29 is 13.9 Å². The minimum atomic E-state index is -0.432. The molecule has 0 spiro atoms. The quantitative estimate of drug-likeness (QED) is 0.445. The van der Waals surface area contributed by atoms with Crippen LogP contribution in [0.5, 0.6) is 0 Å². The van der Waals surface area contributed by atoms with Crippen LogP contribution in [0.1, 0.15) is 36.5 Å². The SMILES string of the molecule is CCNC(=NCc1ccc(CN2CCC(O)CC2)cc1)NCCc1cc(F)ccc1F. The molecule has 2 aromatic rings. The largest absolute Gasteiger partial charge is 0.393 e. The Labute approximate surface area is 183 Å². The van der Waals surface area contributed by atoms with Gasteiger partial charge in [-0.1, -0.05) is 24.3 Å². The Morgan fingerprint density at radius 3 is 2.48 bits per heavy atom. The average molecular weight is 431 g/mol. The summed E-state index contributed by atoms with van der Waals surface area (Å²) in [6.45, 7) is 6.45. The second kappa shape index (κ2) is 11.8. The van der Waals surface area contributed by atoms with Crippen LogP contribution in [0.25, 0.3) is 0 Å². The van der Waals surface area contributed by atoms with Gasteiger partial charge in [-0.25, -0.2) is 13.8 Å². The molecule has 168 valence electrons. The first-order valence-corrected chi connectivity index (χ1v) is 11.0. The zero-order valence-electron chi connectivity index (χ0n) is 18.1. The van der Waals surface area contributed by atoms with E-state index in [4.69, 9.17) is 0 Å². The number of hydrogen-bond acceptors (Lipinski definition) is 3. The molecule has 1 aliphatic rings. The summed E-state index contributed by atoms with van der Waals surface area (Å²) in [5.74, 6) is -0.181. The standard InChI is InChI=1S/C24H32F2N4O/c1-2-27-24(28-12-9-20-15-21(25)7-8-23(20)26)29-16-18-3-5-19(6-4-18)17-30-13-10-22(31)11-14-30/h3-8,15,22,31H,2,9-14,16-17H2,1H3,(H2,27,28,29). The summed E-state index contributed by atoms with van der Waals surface area (Å²) in [7, 11) is 0. The number of aliphatic hydroxyl groups is 1. The number of guanidine groups is 1. The third kappa shape index (κ3) is 7.60. The Morgan fingerprint density at radius 1 is 1.06 bits per heavy atom. The van der Waals surface area contributed by atoms with Gasteiger partial charge in [-0.2, -0.15) is 0 Å². The molecule has 1 aliphatic heterocycles. The van der Waals surface area contributed by atoms with Gasteiger partial charge in [0.05, 0.1) is 12.6 Å². The first-order chi connectivity index (χ1) is 15.0. The van der Waals surface area contributed by atoms with E-state index in [9.17, 15) is 13.9 Å². The van der Waals surface area contributed by atoms with Gasteiger partial charge >= 0.3 is 0 Å². The second-order valence-corrected chi connectivity index (χ2v) is 7.93. The Balaban J connectivity index is 1.49. The van der Waals surface area contributed by atoms with E-state index in [0.29, 0.717) is 37.6 Å². The summed E-state index contributed by atoms with van der Waals surface area (Å²) in [4.78, 5) is 6.97. The zero-order chi connectivity index (χ0) is 22.1. The van der Waals surface area contributed by atoms with Gasteiger partial charge in [0.2, 0.25) is 0 Å². The molecular formula is C24H32F2N4O. The first kappa shape index (κ1) is 23.2. The smallest absolute Gasteiger partial charge is 0.191 e. The van der Waals surface area contributed by atoms with Crippen molar-refractivity contribution in [3.8, 4) is 0 Å². The number of aliphatic imine (C=N–C) groups is 1. The third-order valence-electron chi connectivity index (χ3n) is 5.44. The molecule has 0 bridgehead atoms. The highest BCUT2D eigenvalue weighted by atomic mass is 19.1. The molecule has 3 rings (SSSR count). The maximum Gasteiger partial charge on any atom is 0.191 e. The summed E-state index contributed by atoms with van der Waals surface area (Å²) < 4.78 is 27.1. The van der Waals surface area contributed by atoms with Gasteiger partial charge in [0.15, 0.2) is 5.96 Å². The molecule has 0 unspecified atom stereocenters. The van der Waals surface area contributed by atoms with Crippen LogP contribution in [0, 0.1) is 11.6 Å². The molecule has 0 radical (unpaired) electrons. The lowest BCUT2D eigenvalue weighted by molar-refractivity contribution is 0.0792. The molecule has 2 aromatic carbocycles.